The van der Waals surface area contributed by atoms with Gasteiger partial charge in [-0.3, -0.25) is 0 Å². The fraction of sp³-hybridized carbons (Fsp3) is 0.200. The first-order valence-corrected chi connectivity index (χ1v) is 6.21. The van der Waals surface area contributed by atoms with Crippen LogP contribution in [0.4, 0.5) is 13.2 Å². The molecule has 5 heteroatoms. The van der Waals surface area contributed by atoms with Crippen LogP contribution in [-0.4, -0.2) is 6.54 Å². The molecular formula is C15H14F3NO. The quantitative estimate of drug-likeness (QED) is 0.894. The third kappa shape index (κ3) is 3.74. The number of halogens is 3. The largest absolute Gasteiger partial charge is 0.457 e. The van der Waals surface area contributed by atoms with Crippen molar-refractivity contribution in [3.8, 4) is 11.5 Å². The summed E-state index contributed by atoms with van der Waals surface area (Å²) >= 11 is 0. The van der Waals surface area contributed by atoms with Gasteiger partial charge < -0.3 is 10.1 Å². The molecule has 0 aromatic heterocycles. The van der Waals surface area contributed by atoms with Gasteiger partial charge in [-0.1, -0.05) is 6.92 Å². The average molecular weight is 281 g/mol. The van der Waals surface area contributed by atoms with Crippen molar-refractivity contribution in [1.82, 2.24) is 5.32 Å². The number of hydrogen-bond acceptors (Lipinski definition) is 2. The molecule has 0 atom stereocenters. The maximum Gasteiger partial charge on any atom is 0.133 e. The maximum absolute atomic E-state index is 13.2. The Hall–Kier alpha value is -2.01. The molecule has 0 bridgehead atoms. The van der Waals surface area contributed by atoms with Crippen molar-refractivity contribution in [3.05, 3.63) is 59.4 Å². The first-order chi connectivity index (χ1) is 9.58. The predicted octanol–water partition coefficient (Wildman–Crippen LogP) is 4.01. The third-order valence-corrected chi connectivity index (χ3v) is 2.65. The predicted molar refractivity (Wildman–Crippen MR) is 70.2 cm³/mol. The Balaban J connectivity index is 2.27. The van der Waals surface area contributed by atoms with Crippen LogP contribution in [-0.2, 0) is 6.54 Å². The van der Waals surface area contributed by atoms with E-state index in [9.17, 15) is 13.2 Å². The molecular weight excluding hydrogens is 267 g/mol. The van der Waals surface area contributed by atoms with E-state index in [1.165, 1.54) is 18.2 Å². The lowest BCUT2D eigenvalue weighted by Gasteiger charge is -2.12. The minimum Gasteiger partial charge on any atom is -0.457 e. The molecule has 0 amide bonds. The normalized spacial score (nSPS) is 10.6. The molecule has 0 unspecified atom stereocenters. The summed E-state index contributed by atoms with van der Waals surface area (Å²) in [5.74, 6) is -1.45. The molecule has 2 aromatic rings. The van der Waals surface area contributed by atoms with Crippen molar-refractivity contribution in [2.24, 2.45) is 0 Å². The van der Waals surface area contributed by atoms with Crippen LogP contribution in [0, 0.1) is 17.5 Å². The molecule has 2 rings (SSSR count). The third-order valence-electron chi connectivity index (χ3n) is 2.65. The molecule has 0 radical (unpaired) electrons. The summed E-state index contributed by atoms with van der Waals surface area (Å²) in [7, 11) is 0. The zero-order valence-corrected chi connectivity index (χ0v) is 10.9. The SMILES string of the molecule is CCNCc1cc(F)ccc1Oc1cc(F)cc(F)c1. The lowest BCUT2D eigenvalue weighted by Crippen LogP contribution is -2.12. The van der Waals surface area contributed by atoms with Gasteiger partial charge in [0.25, 0.3) is 0 Å². The Morgan fingerprint density at radius 1 is 0.950 bits per heavy atom. The van der Waals surface area contributed by atoms with E-state index in [4.69, 9.17) is 4.74 Å². The molecule has 0 saturated carbocycles. The first-order valence-electron chi connectivity index (χ1n) is 6.21. The van der Waals surface area contributed by atoms with Gasteiger partial charge in [0.2, 0.25) is 0 Å². The molecule has 2 nitrogen and oxygen atoms in total. The van der Waals surface area contributed by atoms with E-state index in [1.54, 1.807) is 0 Å². The summed E-state index contributed by atoms with van der Waals surface area (Å²) in [6.07, 6.45) is 0. The van der Waals surface area contributed by atoms with E-state index in [0.29, 0.717) is 24.4 Å². The van der Waals surface area contributed by atoms with E-state index in [2.05, 4.69) is 5.32 Å². The Bertz CT molecular complexity index is 581. The highest BCUT2D eigenvalue weighted by Crippen LogP contribution is 2.27. The second kappa shape index (κ2) is 6.43. The van der Waals surface area contributed by atoms with Crippen molar-refractivity contribution in [1.29, 1.82) is 0 Å². The minimum atomic E-state index is -0.727. The van der Waals surface area contributed by atoms with Gasteiger partial charge in [-0.25, -0.2) is 13.2 Å². The molecule has 0 saturated heterocycles. The maximum atomic E-state index is 13.2. The highest BCUT2D eigenvalue weighted by Gasteiger charge is 2.08. The van der Waals surface area contributed by atoms with E-state index < -0.39 is 17.5 Å². The number of hydrogen-bond donors (Lipinski definition) is 1. The van der Waals surface area contributed by atoms with Crippen LogP contribution in [0.1, 0.15) is 12.5 Å². The second-order valence-corrected chi connectivity index (χ2v) is 4.24. The smallest absolute Gasteiger partial charge is 0.133 e. The fourth-order valence-electron chi connectivity index (χ4n) is 1.76. The molecule has 1 N–H and O–H groups in total. The Morgan fingerprint density at radius 2 is 1.65 bits per heavy atom. The molecule has 0 aliphatic rings. The van der Waals surface area contributed by atoms with E-state index in [-0.39, 0.29) is 5.75 Å². The molecule has 0 aliphatic carbocycles. The van der Waals surface area contributed by atoms with Gasteiger partial charge in [0.1, 0.15) is 29.0 Å². The van der Waals surface area contributed by atoms with Crippen LogP contribution in [0.3, 0.4) is 0 Å². The molecule has 0 aliphatic heterocycles. The minimum absolute atomic E-state index is 0.0341. The summed E-state index contributed by atoms with van der Waals surface area (Å²) in [5.41, 5.74) is 0.580. The molecule has 0 fully saturated rings. The van der Waals surface area contributed by atoms with Gasteiger partial charge in [0, 0.05) is 30.3 Å². The highest BCUT2D eigenvalue weighted by atomic mass is 19.1. The molecule has 0 heterocycles. The van der Waals surface area contributed by atoms with Crippen molar-refractivity contribution >= 4 is 0 Å². The van der Waals surface area contributed by atoms with Crippen LogP contribution in [0.2, 0.25) is 0 Å². The van der Waals surface area contributed by atoms with Crippen molar-refractivity contribution in [3.63, 3.8) is 0 Å². The van der Waals surface area contributed by atoms with Gasteiger partial charge >= 0.3 is 0 Å². The van der Waals surface area contributed by atoms with Crippen molar-refractivity contribution in [2.75, 3.05) is 6.54 Å². The van der Waals surface area contributed by atoms with E-state index in [1.807, 2.05) is 6.92 Å². The lowest BCUT2D eigenvalue weighted by molar-refractivity contribution is 0.458. The van der Waals surface area contributed by atoms with Crippen LogP contribution < -0.4 is 10.1 Å². The fourth-order valence-corrected chi connectivity index (χ4v) is 1.76. The molecule has 0 spiro atoms. The van der Waals surface area contributed by atoms with Crippen molar-refractivity contribution < 1.29 is 17.9 Å². The monoisotopic (exact) mass is 281 g/mol. The standard InChI is InChI=1S/C15H14F3NO/c1-2-19-9-10-5-11(16)3-4-15(10)20-14-7-12(17)6-13(18)8-14/h3-8,19H,2,9H2,1H3. The average Bonchev–Trinajstić information content (AvgIpc) is 2.38. The van der Waals surface area contributed by atoms with E-state index in [0.717, 1.165) is 18.2 Å². The number of nitrogens with one attached hydrogen (secondary N) is 1. The van der Waals surface area contributed by atoms with Gasteiger partial charge in [-0.15, -0.1) is 0 Å². The van der Waals surface area contributed by atoms with Gasteiger partial charge in [0.15, 0.2) is 0 Å². The Morgan fingerprint density at radius 3 is 2.30 bits per heavy atom. The number of benzene rings is 2. The summed E-state index contributed by atoms with van der Waals surface area (Å²) in [5, 5.41) is 3.05. The summed E-state index contributed by atoms with van der Waals surface area (Å²) < 4.78 is 44.9. The second-order valence-electron chi connectivity index (χ2n) is 4.24. The lowest BCUT2D eigenvalue weighted by atomic mass is 10.2. The molecule has 106 valence electrons. The summed E-state index contributed by atoms with van der Waals surface area (Å²) in [6.45, 7) is 3.04. The summed E-state index contributed by atoms with van der Waals surface area (Å²) in [4.78, 5) is 0. The number of ether oxygens (including phenoxy) is 1. The van der Waals surface area contributed by atoms with Crippen LogP contribution in [0.15, 0.2) is 36.4 Å². The molecule has 20 heavy (non-hydrogen) atoms. The summed E-state index contributed by atoms with van der Waals surface area (Å²) in [6, 6.07) is 6.91. The zero-order valence-electron chi connectivity index (χ0n) is 10.9. The topological polar surface area (TPSA) is 21.3 Å². The van der Waals surface area contributed by atoms with Crippen LogP contribution >= 0.6 is 0 Å². The zero-order chi connectivity index (χ0) is 14.5. The van der Waals surface area contributed by atoms with Gasteiger partial charge in [0.05, 0.1) is 0 Å². The Labute approximate surface area is 115 Å². The van der Waals surface area contributed by atoms with Crippen LogP contribution in [0.25, 0.3) is 0 Å². The van der Waals surface area contributed by atoms with Gasteiger partial charge in [-0.05, 0) is 24.7 Å². The molecule has 2 aromatic carbocycles. The van der Waals surface area contributed by atoms with E-state index >= 15 is 0 Å². The van der Waals surface area contributed by atoms with Crippen LogP contribution in [0.5, 0.6) is 11.5 Å². The Kier molecular flexibility index (Phi) is 4.63. The highest BCUT2D eigenvalue weighted by molar-refractivity contribution is 5.38. The number of rotatable bonds is 5. The van der Waals surface area contributed by atoms with Gasteiger partial charge in [-0.2, -0.15) is 0 Å². The van der Waals surface area contributed by atoms with Crippen molar-refractivity contribution in [2.45, 2.75) is 13.5 Å². The first kappa shape index (κ1) is 14.4.